The third kappa shape index (κ3) is 4.52. The summed E-state index contributed by atoms with van der Waals surface area (Å²) >= 11 is 6.19. The summed E-state index contributed by atoms with van der Waals surface area (Å²) in [6.45, 7) is 5.63. The molecule has 0 radical (unpaired) electrons. The highest BCUT2D eigenvalue weighted by Crippen LogP contribution is 2.28. The van der Waals surface area contributed by atoms with Crippen LogP contribution < -0.4 is 9.64 Å². The molecular formula is C22H23ClN4O3. The zero-order valence-electron chi connectivity index (χ0n) is 17.0. The molecule has 1 saturated heterocycles. The molecular weight excluding hydrogens is 404 g/mol. The van der Waals surface area contributed by atoms with Crippen molar-refractivity contribution in [2.75, 3.05) is 24.7 Å². The molecule has 0 saturated carbocycles. The lowest BCUT2D eigenvalue weighted by atomic mass is 10.1. The molecule has 0 N–H and O–H groups in total. The Labute approximate surface area is 180 Å². The maximum Gasteiger partial charge on any atom is 0.224 e. The van der Waals surface area contributed by atoms with Crippen LogP contribution in [0, 0.1) is 12.8 Å². The lowest BCUT2D eigenvalue weighted by Gasteiger charge is -2.22. The minimum atomic E-state index is -0.114. The van der Waals surface area contributed by atoms with E-state index in [-0.39, 0.29) is 12.5 Å². The fraction of sp³-hybridized carbons (Fsp3) is 0.364. The average Bonchev–Trinajstić information content (AvgIpc) is 3.24. The van der Waals surface area contributed by atoms with Crippen LogP contribution in [0.3, 0.4) is 0 Å². The van der Waals surface area contributed by atoms with Crippen LogP contribution in [0.25, 0.3) is 10.9 Å². The number of nitrogens with zero attached hydrogens (tertiary/aromatic N) is 4. The van der Waals surface area contributed by atoms with Crippen molar-refractivity contribution in [1.29, 1.82) is 0 Å². The van der Waals surface area contributed by atoms with E-state index in [4.69, 9.17) is 21.1 Å². The first-order valence-electron chi connectivity index (χ1n) is 9.86. The van der Waals surface area contributed by atoms with Gasteiger partial charge in [-0.25, -0.2) is 4.98 Å². The fourth-order valence-electron chi connectivity index (χ4n) is 3.46. The fourth-order valence-corrected chi connectivity index (χ4v) is 3.63. The Balaban J connectivity index is 1.68. The number of hydrogen-bond acceptors (Lipinski definition) is 6. The SMILES string of the molecule is CC(=O)N(Cc1nc(OCC2CCOC2)c2cc(Cl)ccc2n1)c1cnccc1C. The second-order valence-corrected chi connectivity index (χ2v) is 7.85. The molecule has 0 spiro atoms. The van der Waals surface area contributed by atoms with Gasteiger partial charge in [0.25, 0.3) is 0 Å². The second-order valence-electron chi connectivity index (χ2n) is 7.41. The van der Waals surface area contributed by atoms with Crippen molar-refractivity contribution in [2.24, 2.45) is 5.92 Å². The van der Waals surface area contributed by atoms with Gasteiger partial charge in [-0.15, -0.1) is 0 Å². The maximum atomic E-state index is 12.4. The van der Waals surface area contributed by atoms with E-state index in [0.717, 1.165) is 29.7 Å². The molecule has 0 aliphatic carbocycles. The second kappa shape index (κ2) is 8.93. The number of carbonyl (C=O) groups excluding carboxylic acids is 1. The van der Waals surface area contributed by atoms with Gasteiger partial charge in [0.2, 0.25) is 11.8 Å². The van der Waals surface area contributed by atoms with Crippen LogP contribution >= 0.6 is 11.6 Å². The first-order chi connectivity index (χ1) is 14.5. The Hall–Kier alpha value is -2.77. The smallest absolute Gasteiger partial charge is 0.224 e. The molecule has 1 unspecified atom stereocenters. The number of rotatable bonds is 6. The van der Waals surface area contributed by atoms with E-state index in [9.17, 15) is 4.79 Å². The predicted molar refractivity (Wildman–Crippen MR) is 115 cm³/mol. The number of fused-ring (bicyclic) bond motifs is 1. The molecule has 1 amide bonds. The Kier molecular flexibility index (Phi) is 6.11. The maximum absolute atomic E-state index is 12.4. The number of aromatic nitrogens is 3. The van der Waals surface area contributed by atoms with E-state index in [2.05, 4.69) is 15.0 Å². The Bertz CT molecular complexity index is 1070. The molecule has 0 bridgehead atoms. The van der Waals surface area contributed by atoms with Crippen LogP contribution in [0.4, 0.5) is 5.69 Å². The summed E-state index contributed by atoms with van der Waals surface area (Å²) in [6, 6.07) is 7.28. The summed E-state index contributed by atoms with van der Waals surface area (Å²) in [5, 5.41) is 1.33. The van der Waals surface area contributed by atoms with Crippen molar-refractivity contribution < 1.29 is 14.3 Å². The molecule has 3 heterocycles. The van der Waals surface area contributed by atoms with E-state index in [1.807, 2.05) is 19.1 Å². The number of carbonyl (C=O) groups is 1. The molecule has 4 rings (SSSR count). The molecule has 7 nitrogen and oxygen atoms in total. The van der Waals surface area contributed by atoms with Crippen LogP contribution in [0.2, 0.25) is 5.02 Å². The summed E-state index contributed by atoms with van der Waals surface area (Å²) in [5.41, 5.74) is 2.40. The molecule has 156 valence electrons. The molecule has 1 fully saturated rings. The first-order valence-corrected chi connectivity index (χ1v) is 10.2. The molecule has 1 aliphatic rings. The first kappa shape index (κ1) is 20.5. The minimum Gasteiger partial charge on any atom is -0.477 e. The van der Waals surface area contributed by atoms with Gasteiger partial charge in [-0.05, 0) is 43.2 Å². The molecule has 3 aromatic rings. The van der Waals surface area contributed by atoms with Crippen molar-refractivity contribution in [3.05, 3.63) is 53.1 Å². The number of halogens is 1. The Morgan fingerprint density at radius 2 is 2.20 bits per heavy atom. The highest BCUT2D eigenvalue weighted by molar-refractivity contribution is 6.31. The molecule has 1 atom stereocenters. The van der Waals surface area contributed by atoms with Gasteiger partial charge in [0.15, 0.2) is 5.82 Å². The van der Waals surface area contributed by atoms with Gasteiger partial charge in [-0.2, -0.15) is 4.98 Å². The number of pyridine rings is 1. The van der Waals surface area contributed by atoms with Gasteiger partial charge in [-0.1, -0.05) is 11.6 Å². The zero-order chi connectivity index (χ0) is 21.1. The van der Waals surface area contributed by atoms with Crippen LogP contribution in [0.1, 0.15) is 24.7 Å². The van der Waals surface area contributed by atoms with Crippen LogP contribution in [-0.4, -0.2) is 40.7 Å². The lowest BCUT2D eigenvalue weighted by molar-refractivity contribution is -0.116. The third-order valence-electron chi connectivity index (χ3n) is 5.13. The molecule has 8 heteroatoms. The topological polar surface area (TPSA) is 77.4 Å². The quantitative estimate of drug-likeness (QED) is 0.593. The number of hydrogen-bond donors (Lipinski definition) is 0. The van der Waals surface area contributed by atoms with E-state index in [1.54, 1.807) is 29.4 Å². The summed E-state index contributed by atoms with van der Waals surface area (Å²) in [5.74, 6) is 1.18. The average molecular weight is 427 g/mol. The van der Waals surface area contributed by atoms with Gasteiger partial charge in [-0.3, -0.25) is 9.78 Å². The van der Waals surface area contributed by atoms with Gasteiger partial charge >= 0.3 is 0 Å². The largest absolute Gasteiger partial charge is 0.477 e. The van der Waals surface area contributed by atoms with Crippen molar-refractivity contribution in [2.45, 2.75) is 26.8 Å². The van der Waals surface area contributed by atoms with Crippen molar-refractivity contribution in [3.8, 4) is 5.88 Å². The number of anilines is 1. The number of ether oxygens (including phenoxy) is 2. The van der Waals surface area contributed by atoms with Crippen LogP contribution in [0.5, 0.6) is 5.88 Å². The van der Waals surface area contributed by atoms with Gasteiger partial charge < -0.3 is 14.4 Å². The zero-order valence-corrected chi connectivity index (χ0v) is 17.7. The van der Waals surface area contributed by atoms with Crippen molar-refractivity contribution in [3.63, 3.8) is 0 Å². The normalized spacial score (nSPS) is 16.0. The van der Waals surface area contributed by atoms with Crippen molar-refractivity contribution in [1.82, 2.24) is 15.0 Å². The van der Waals surface area contributed by atoms with E-state index in [1.165, 1.54) is 6.92 Å². The third-order valence-corrected chi connectivity index (χ3v) is 5.37. The number of aryl methyl sites for hydroxylation is 1. The van der Waals surface area contributed by atoms with Crippen molar-refractivity contribution >= 4 is 34.1 Å². The van der Waals surface area contributed by atoms with Crippen LogP contribution in [-0.2, 0) is 16.1 Å². The highest BCUT2D eigenvalue weighted by Gasteiger charge is 2.20. The number of amides is 1. The summed E-state index contributed by atoms with van der Waals surface area (Å²) < 4.78 is 11.5. The molecule has 30 heavy (non-hydrogen) atoms. The standard InChI is InChI=1S/C22H23ClN4O3/c1-14-5-7-24-10-20(14)27(15(2)28)11-21-25-19-4-3-17(23)9-18(19)22(26-21)30-13-16-6-8-29-12-16/h3-5,7,9-10,16H,6,8,11-13H2,1-2H3. The molecule has 1 aromatic carbocycles. The van der Waals surface area contributed by atoms with Crippen LogP contribution in [0.15, 0.2) is 36.7 Å². The lowest BCUT2D eigenvalue weighted by Crippen LogP contribution is -2.29. The van der Waals surface area contributed by atoms with Gasteiger partial charge in [0.1, 0.15) is 0 Å². The Morgan fingerprint density at radius 3 is 2.93 bits per heavy atom. The highest BCUT2D eigenvalue weighted by atomic mass is 35.5. The minimum absolute atomic E-state index is 0.114. The summed E-state index contributed by atoms with van der Waals surface area (Å²) in [7, 11) is 0. The molecule has 2 aromatic heterocycles. The Morgan fingerprint density at radius 1 is 1.33 bits per heavy atom. The summed E-state index contributed by atoms with van der Waals surface area (Å²) in [4.78, 5) is 27.4. The van der Waals surface area contributed by atoms with E-state index in [0.29, 0.717) is 41.4 Å². The van der Waals surface area contributed by atoms with E-state index < -0.39 is 0 Å². The number of benzene rings is 1. The summed E-state index contributed by atoms with van der Waals surface area (Å²) in [6.07, 6.45) is 4.34. The molecule has 1 aliphatic heterocycles. The monoisotopic (exact) mass is 426 g/mol. The van der Waals surface area contributed by atoms with Gasteiger partial charge in [0, 0.05) is 30.7 Å². The van der Waals surface area contributed by atoms with E-state index >= 15 is 0 Å². The predicted octanol–water partition coefficient (Wildman–Crippen LogP) is 3.96. The van der Waals surface area contributed by atoms with Gasteiger partial charge in [0.05, 0.1) is 42.5 Å².